The summed E-state index contributed by atoms with van der Waals surface area (Å²) in [5.74, 6) is 0. The van der Waals surface area contributed by atoms with Gasteiger partial charge >= 0.3 is 0 Å². The van der Waals surface area contributed by atoms with Crippen molar-refractivity contribution in [3.63, 3.8) is 0 Å². The van der Waals surface area contributed by atoms with Crippen molar-refractivity contribution in [2.45, 2.75) is 40.2 Å². The summed E-state index contributed by atoms with van der Waals surface area (Å²) in [6.45, 7) is 8.37. The van der Waals surface area contributed by atoms with E-state index in [0.717, 1.165) is 13.1 Å². The van der Waals surface area contributed by atoms with E-state index in [-0.39, 0.29) is 0 Å². The van der Waals surface area contributed by atoms with Gasteiger partial charge in [0.2, 0.25) is 0 Å². The zero-order chi connectivity index (χ0) is 10.4. The summed E-state index contributed by atoms with van der Waals surface area (Å²) in [4.78, 5) is 0. The van der Waals surface area contributed by atoms with Gasteiger partial charge < -0.3 is 5.32 Å². The van der Waals surface area contributed by atoms with Crippen LogP contribution in [0.5, 0.6) is 0 Å². The molecule has 0 aliphatic carbocycles. The molecule has 0 radical (unpaired) electrons. The molecule has 0 amide bonds. The summed E-state index contributed by atoms with van der Waals surface area (Å²) in [6, 6.07) is 6.79. The van der Waals surface area contributed by atoms with E-state index in [1.807, 2.05) is 13.8 Å². The van der Waals surface area contributed by atoms with Crippen LogP contribution in [0.4, 0.5) is 0 Å². The molecule has 0 atom stereocenters. The van der Waals surface area contributed by atoms with Crippen LogP contribution in [-0.2, 0) is 13.0 Å². The number of fused-ring (bicyclic) bond motifs is 1. The van der Waals surface area contributed by atoms with E-state index < -0.39 is 0 Å². The van der Waals surface area contributed by atoms with Crippen LogP contribution in [-0.4, -0.2) is 6.54 Å². The van der Waals surface area contributed by atoms with Crippen LogP contribution < -0.4 is 5.32 Å². The van der Waals surface area contributed by atoms with Gasteiger partial charge in [0, 0.05) is 6.54 Å². The van der Waals surface area contributed by atoms with E-state index in [1.165, 1.54) is 29.5 Å². The highest BCUT2D eigenvalue weighted by atomic mass is 14.8. The molecule has 2 rings (SSSR count). The first kappa shape index (κ1) is 11.3. The summed E-state index contributed by atoms with van der Waals surface area (Å²) in [5, 5.41) is 3.43. The Morgan fingerprint density at radius 1 is 1.14 bits per heavy atom. The van der Waals surface area contributed by atoms with Crippen LogP contribution in [0.15, 0.2) is 18.2 Å². The van der Waals surface area contributed by atoms with Gasteiger partial charge in [-0.3, -0.25) is 0 Å². The Labute approximate surface area is 87.5 Å². The first-order chi connectivity index (χ1) is 6.86. The van der Waals surface area contributed by atoms with Crippen molar-refractivity contribution in [3.8, 4) is 0 Å². The maximum atomic E-state index is 3.43. The number of aryl methyl sites for hydroxylation is 2. The molecule has 1 aliphatic heterocycles. The lowest BCUT2D eigenvalue weighted by Crippen LogP contribution is -2.11. The van der Waals surface area contributed by atoms with Crippen LogP contribution in [0, 0.1) is 6.92 Å². The lowest BCUT2D eigenvalue weighted by molar-refractivity contribution is 0.680. The summed E-state index contributed by atoms with van der Waals surface area (Å²) >= 11 is 0. The molecule has 0 unspecified atom stereocenters. The monoisotopic (exact) mass is 191 g/mol. The molecule has 1 aromatic rings. The summed E-state index contributed by atoms with van der Waals surface area (Å²) in [5.41, 5.74) is 4.40. The average molecular weight is 191 g/mol. The fraction of sp³-hybridized carbons (Fsp3) is 0.538. The van der Waals surface area contributed by atoms with Crippen LogP contribution in [0.25, 0.3) is 0 Å². The van der Waals surface area contributed by atoms with Gasteiger partial charge in [0.1, 0.15) is 0 Å². The van der Waals surface area contributed by atoms with Gasteiger partial charge in [-0.15, -0.1) is 0 Å². The Morgan fingerprint density at radius 2 is 1.93 bits per heavy atom. The maximum Gasteiger partial charge on any atom is 0.0208 e. The van der Waals surface area contributed by atoms with Gasteiger partial charge in [-0.2, -0.15) is 0 Å². The van der Waals surface area contributed by atoms with E-state index in [2.05, 4.69) is 30.4 Å². The SMILES string of the molecule is CC.Cc1ccc2c(c1)CNCCC2. The molecule has 0 spiro atoms. The Morgan fingerprint density at radius 3 is 2.71 bits per heavy atom. The molecule has 14 heavy (non-hydrogen) atoms. The molecule has 0 saturated carbocycles. The summed E-state index contributed by atoms with van der Waals surface area (Å²) in [6.07, 6.45) is 2.51. The minimum Gasteiger partial charge on any atom is -0.313 e. The van der Waals surface area contributed by atoms with Gasteiger partial charge in [-0.1, -0.05) is 37.6 Å². The van der Waals surface area contributed by atoms with Crippen molar-refractivity contribution >= 4 is 0 Å². The smallest absolute Gasteiger partial charge is 0.0208 e. The van der Waals surface area contributed by atoms with Crippen molar-refractivity contribution in [2.24, 2.45) is 0 Å². The lowest BCUT2D eigenvalue weighted by Gasteiger charge is -2.05. The highest BCUT2D eigenvalue weighted by molar-refractivity contribution is 5.32. The predicted octanol–water partition coefficient (Wildman–Crippen LogP) is 3.06. The number of nitrogens with one attached hydrogen (secondary N) is 1. The highest BCUT2D eigenvalue weighted by Crippen LogP contribution is 2.15. The first-order valence-corrected chi connectivity index (χ1v) is 5.65. The molecule has 78 valence electrons. The zero-order valence-electron chi connectivity index (χ0n) is 9.56. The first-order valence-electron chi connectivity index (χ1n) is 5.65. The largest absolute Gasteiger partial charge is 0.313 e. The number of benzene rings is 1. The van der Waals surface area contributed by atoms with E-state index in [9.17, 15) is 0 Å². The minimum atomic E-state index is 1.05. The number of hydrogen-bond donors (Lipinski definition) is 1. The molecule has 0 aromatic heterocycles. The Bertz CT molecular complexity index is 279. The Balaban J connectivity index is 0.000000461. The van der Waals surface area contributed by atoms with Crippen LogP contribution in [0.3, 0.4) is 0 Å². The van der Waals surface area contributed by atoms with Gasteiger partial charge in [0.05, 0.1) is 0 Å². The van der Waals surface area contributed by atoms with Crippen molar-refractivity contribution < 1.29 is 0 Å². The average Bonchev–Trinajstić information content (AvgIpc) is 2.45. The molecule has 0 fully saturated rings. The Hall–Kier alpha value is -0.820. The molecule has 1 nitrogen and oxygen atoms in total. The number of rotatable bonds is 0. The van der Waals surface area contributed by atoms with E-state index in [0.29, 0.717) is 0 Å². The van der Waals surface area contributed by atoms with Gasteiger partial charge in [0.15, 0.2) is 0 Å². The minimum absolute atomic E-state index is 1.05. The second-order valence-electron chi connectivity index (χ2n) is 3.55. The van der Waals surface area contributed by atoms with Gasteiger partial charge in [-0.25, -0.2) is 0 Å². The van der Waals surface area contributed by atoms with Crippen molar-refractivity contribution in [1.29, 1.82) is 0 Å². The van der Waals surface area contributed by atoms with Gasteiger partial charge in [-0.05, 0) is 37.4 Å². The van der Waals surface area contributed by atoms with Crippen LogP contribution >= 0.6 is 0 Å². The topological polar surface area (TPSA) is 12.0 Å². The molecule has 1 aromatic carbocycles. The van der Waals surface area contributed by atoms with Crippen molar-refractivity contribution in [3.05, 3.63) is 34.9 Å². The molecule has 1 N–H and O–H groups in total. The summed E-state index contributed by atoms with van der Waals surface area (Å²) in [7, 11) is 0. The van der Waals surface area contributed by atoms with E-state index in [4.69, 9.17) is 0 Å². The third-order valence-electron chi connectivity index (χ3n) is 2.48. The molecule has 0 saturated heterocycles. The third kappa shape index (κ3) is 2.85. The molecular weight excluding hydrogens is 170 g/mol. The highest BCUT2D eigenvalue weighted by Gasteiger charge is 2.05. The second-order valence-corrected chi connectivity index (χ2v) is 3.55. The molecule has 1 heterocycles. The standard InChI is InChI=1S/C11H15N.C2H6/c1-9-4-5-10-3-2-6-12-8-11(10)7-9;1-2/h4-5,7,12H,2-3,6,8H2,1H3;1-2H3. The van der Waals surface area contributed by atoms with E-state index >= 15 is 0 Å². The third-order valence-corrected chi connectivity index (χ3v) is 2.48. The maximum absolute atomic E-state index is 3.43. The predicted molar refractivity (Wildman–Crippen MR) is 62.6 cm³/mol. The molecule has 1 aliphatic rings. The van der Waals surface area contributed by atoms with Crippen molar-refractivity contribution in [1.82, 2.24) is 5.32 Å². The lowest BCUT2D eigenvalue weighted by atomic mass is 10.0. The van der Waals surface area contributed by atoms with Crippen molar-refractivity contribution in [2.75, 3.05) is 6.54 Å². The number of hydrogen-bond acceptors (Lipinski definition) is 1. The molecule has 0 bridgehead atoms. The molecular formula is C13H21N. The van der Waals surface area contributed by atoms with E-state index in [1.54, 1.807) is 0 Å². The van der Waals surface area contributed by atoms with Crippen LogP contribution in [0.1, 0.15) is 37.0 Å². The zero-order valence-corrected chi connectivity index (χ0v) is 9.56. The quantitative estimate of drug-likeness (QED) is 0.664. The Kier molecular flexibility index (Phi) is 4.68. The fourth-order valence-electron chi connectivity index (χ4n) is 1.79. The normalized spacial score (nSPS) is 14.8. The summed E-state index contributed by atoms with van der Waals surface area (Å²) < 4.78 is 0. The second kappa shape index (κ2) is 5.82. The van der Waals surface area contributed by atoms with Gasteiger partial charge in [0.25, 0.3) is 0 Å². The fourth-order valence-corrected chi connectivity index (χ4v) is 1.79. The molecule has 1 heteroatoms. The van der Waals surface area contributed by atoms with Crippen LogP contribution in [0.2, 0.25) is 0 Å².